The molecule has 0 aromatic rings. The molecule has 2 aliphatic heterocycles. The smallest absolute Gasteiger partial charge is 0.0790 e. The van der Waals surface area contributed by atoms with Crippen LogP contribution >= 0.6 is 23.5 Å². The fourth-order valence-electron chi connectivity index (χ4n) is 2.36. The van der Waals surface area contributed by atoms with Crippen LogP contribution < -0.4 is 5.73 Å². The molecule has 2 fully saturated rings. The first-order valence-electron chi connectivity index (χ1n) is 6.27. The molecule has 0 aromatic carbocycles. The predicted octanol–water partition coefficient (Wildman–Crippen LogP) is 2.37. The fourth-order valence-corrected chi connectivity index (χ4v) is 5.16. The third-order valence-electron chi connectivity index (χ3n) is 3.53. The van der Waals surface area contributed by atoms with E-state index in [0.717, 1.165) is 18.4 Å². The molecule has 16 heavy (non-hydrogen) atoms. The molecular formula is C12H23NOS2. The summed E-state index contributed by atoms with van der Waals surface area (Å²) in [5.41, 5.74) is 5.90. The Bertz CT molecular complexity index is 219. The van der Waals surface area contributed by atoms with Crippen molar-refractivity contribution in [3.8, 4) is 0 Å². The molecule has 2 N–H and O–H groups in total. The van der Waals surface area contributed by atoms with E-state index in [1.54, 1.807) is 0 Å². The molecule has 2 aliphatic rings. The zero-order chi connectivity index (χ0) is 11.4. The van der Waals surface area contributed by atoms with Crippen LogP contribution in [0.5, 0.6) is 0 Å². The Morgan fingerprint density at radius 3 is 3.19 bits per heavy atom. The van der Waals surface area contributed by atoms with Crippen LogP contribution in [0.4, 0.5) is 0 Å². The van der Waals surface area contributed by atoms with Crippen LogP contribution in [0.1, 0.15) is 26.2 Å². The van der Waals surface area contributed by atoms with Crippen molar-refractivity contribution in [3.05, 3.63) is 0 Å². The minimum atomic E-state index is 0.243. The summed E-state index contributed by atoms with van der Waals surface area (Å²) in [7, 11) is 0. The quantitative estimate of drug-likeness (QED) is 0.843. The molecule has 0 saturated carbocycles. The first-order valence-corrected chi connectivity index (χ1v) is 8.48. The molecule has 0 bridgehead atoms. The molecular weight excluding hydrogens is 238 g/mol. The normalized spacial score (nSPS) is 36.8. The molecule has 2 heterocycles. The minimum absolute atomic E-state index is 0.243. The van der Waals surface area contributed by atoms with E-state index < -0.39 is 0 Å². The average Bonchev–Trinajstić information content (AvgIpc) is 2.74. The van der Waals surface area contributed by atoms with Gasteiger partial charge in [0.2, 0.25) is 0 Å². The number of thioether (sulfide) groups is 2. The van der Waals surface area contributed by atoms with E-state index in [-0.39, 0.29) is 5.60 Å². The lowest BCUT2D eigenvalue weighted by molar-refractivity contribution is -0.0562. The lowest BCUT2D eigenvalue weighted by Crippen LogP contribution is -2.41. The van der Waals surface area contributed by atoms with E-state index >= 15 is 0 Å². The van der Waals surface area contributed by atoms with E-state index in [4.69, 9.17) is 10.5 Å². The van der Waals surface area contributed by atoms with Gasteiger partial charge in [0.1, 0.15) is 0 Å². The standard InChI is InChI=1S/C12H23NOS2/c1-10(7-13)8-16-11-2-4-14-12(6-11)3-5-15-9-12/h10-11H,2-9,13H2,1H3. The molecule has 3 atom stereocenters. The van der Waals surface area contributed by atoms with Crippen molar-refractivity contribution in [1.29, 1.82) is 0 Å². The predicted molar refractivity (Wildman–Crippen MR) is 74.3 cm³/mol. The highest BCUT2D eigenvalue weighted by atomic mass is 32.2. The second-order valence-corrected chi connectivity index (χ2v) is 7.56. The molecule has 2 nitrogen and oxygen atoms in total. The van der Waals surface area contributed by atoms with Crippen LogP contribution in [0.15, 0.2) is 0 Å². The van der Waals surface area contributed by atoms with Gasteiger partial charge >= 0.3 is 0 Å². The largest absolute Gasteiger partial charge is 0.374 e. The van der Waals surface area contributed by atoms with Gasteiger partial charge in [-0.2, -0.15) is 23.5 Å². The van der Waals surface area contributed by atoms with Crippen LogP contribution in [0, 0.1) is 5.92 Å². The molecule has 4 heteroatoms. The van der Waals surface area contributed by atoms with Crippen molar-refractivity contribution in [2.24, 2.45) is 11.7 Å². The molecule has 1 spiro atoms. The Morgan fingerprint density at radius 2 is 2.50 bits per heavy atom. The summed E-state index contributed by atoms with van der Waals surface area (Å²) in [6, 6.07) is 0. The number of ether oxygens (including phenoxy) is 1. The lowest BCUT2D eigenvalue weighted by atomic mass is 9.93. The van der Waals surface area contributed by atoms with Gasteiger partial charge in [0.15, 0.2) is 0 Å². The van der Waals surface area contributed by atoms with Crippen molar-refractivity contribution in [2.45, 2.75) is 37.0 Å². The topological polar surface area (TPSA) is 35.2 Å². The van der Waals surface area contributed by atoms with E-state index in [1.165, 1.54) is 36.5 Å². The van der Waals surface area contributed by atoms with E-state index in [2.05, 4.69) is 30.4 Å². The Kier molecular flexibility index (Phi) is 4.89. The number of rotatable bonds is 4. The van der Waals surface area contributed by atoms with Gasteiger partial charge in [-0.1, -0.05) is 6.92 Å². The van der Waals surface area contributed by atoms with Gasteiger partial charge in [0, 0.05) is 17.6 Å². The van der Waals surface area contributed by atoms with Gasteiger partial charge < -0.3 is 10.5 Å². The van der Waals surface area contributed by atoms with Crippen molar-refractivity contribution in [1.82, 2.24) is 0 Å². The van der Waals surface area contributed by atoms with Gasteiger partial charge in [-0.25, -0.2) is 0 Å². The summed E-state index contributed by atoms with van der Waals surface area (Å²) in [6.45, 7) is 4.03. The van der Waals surface area contributed by atoms with Crippen LogP contribution in [-0.4, -0.2) is 41.3 Å². The average molecular weight is 261 g/mol. The van der Waals surface area contributed by atoms with Gasteiger partial charge in [-0.05, 0) is 43.2 Å². The van der Waals surface area contributed by atoms with Crippen molar-refractivity contribution >= 4 is 23.5 Å². The molecule has 2 rings (SSSR count). The van der Waals surface area contributed by atoms with Crippen LogP contribution in [0.25, 0.3) is 0 Å². The number of hydrogen-bond donors (Lipinski definition) is 1. The zero-order valence-electron chi connectivity index (χ0n) is 10.1. The Morgan fingerprint density at radius 1 is 1.62 bits per heavy atom. The van der Waals surface area contributed by atoms with E-state index in [0.29, 0.717) is 5.92 Å². The maximum absolute atomic E-state index is 6.03. The van der Waals surface area contributed by atoms with Crippen molar-refractivity contribution in [2.75, 3.05) is 30.4 Å². The lowest BCUT2D eigenvalue weighted by Gasteiger charge is -2.37. The molecule has 0 radical (unpaired) electrons. The third-order valence-corrected chi connectivity index (χ3v) is 6.39. The Labute approximate surface area is 107 Å². The second kappa shape index (κ2) is 5.98. The molecule has 3 unspecified atom stereocenters. The summed E-state index contributed by atoms with van der Waals surface area (Å²) < 4.78 is 6.03. The second-order valence-electron chi connectivity index (χ2n) is 5.12. The minimum Gasteiger partial charge on any atom is -0.374 e. The fraction of sp³-hybridized carbons (Fsp3) is 1.00. The van der Waals surface area contributed by atoms with Gasteiger partial charge in [0.25, 0.3) is 0 Å². The summed E-state index contributed by atoms with van der Waals surface area (Å²) in [6.07, 6.45) is 3.76. The van der Waals surface area contributed by atoms with Gasteiger partial charge in [-0.3, -0.25) is 0 Å². The molecule has 0 aliphatic carbocycles. The van der Waals surface area contributed by atoms with E-state index in [9.17, 15) is 0 Å². The van der Waals surface area contributed by atoms with Crippen LogP contribution in [0.2, 0.25) is 0 Å². The first-order chi connectivity index (χ1) is 7.74. The highest BCUT2D eigenvalue weighted by Crippen LogP contribution is 2.41. The highest BCUT2D eigenvalue weighted by molar-refractivity contribution is 8.00. The Balaban J connectivity index is 1.78. The highest BCUT2D eigenvalue weighted by Gasteiger charge is 2.40. The van der Waals surface area contributed by atoms with Gasteiger partial charge in [0.05, 0.1) is 5.60 Å². The number of hydrogen-bond acceptors (Lipinski definition) is 4. The third kappa shape index (κ3) is 3.31. The van der Waals surface area contributed by atoms with Crippen molar-refractivity contribution < 1.29 is 4.74 Å². The molecule has 2 saturated heterocycles. The summed E-state index contributed by atoms with van der Waals surface area (Å²) in [4.78, 5) is 0. The zero-order valence-corrected chi connectivity index (χ0v) is 11.7. The SMILES string of the molecule is CC(CN)CSC1CCOC2(CCSC2)C1. The Hall–Kier alpha value is 0.620. The van der Waals surface area contributed by atoms with Gasteiger partial charge in [-0.15, -0.1) is 0 Å². The van der Waals surface area contributed by atoms with Crippen LogP contribution in [-0.2, 0) is 4.74 Å². The maximum atomic E-state index is 6.03. The first kappa shape index (κ1) is 13.1. The monoisotopic (exact) mass is 261 g/mol. The molecule has 94 valence electrons. The van der Waals surface area contributed by atoms with Crippen LogP contribution in [0.3, 0.4) is 0 Å². The summed E-state index contributed by atoms with van der Waals surface area (Å²) in [5, 5.41) is 0.807. The van der Waals surface area contributed by atoms with E-state index in [1.807, 2.05) is 0 Å². The van der Waals surface area contributed by atoms with Crippen molar-refractivity contribution in [3.63, 3.8) is 0 Å². The summed E-state index contributed by atoms with van der Waals surface area (Å²) >= 11 is 4.18. The number of nitrogens with two attached hydrogens (primary N) is 1. The molecule has 0 amide bonds. The maximum Gasteiger partial charge on any atom is 0.0790 e. The molecule has 0 aromatic heterocycles. The summed E-state index contributed by atoms with van der Waals surface area (Å²) in [5.74, 6) is 4.37.